The number of rotatable bonds is 14. The van der Waals surface area contributed by atoms with Gasteiger partial charge in [0.1, 0.15) is 43.1 Å². The first kappa shape index (κ1) is 35.8. The monoisotopic (exact) mass is 651 g/mol. The number of nitro groups is 1. The lowest BCUT2D eigenvalue weighted by molar-refractivity contribution is -0.384. The Hall–Kier alpha value is -4.63. The fourth-order valence-corrected chi connectivity index (χ4v) is 4.64. The van der Waals surface area contributed by atoms with Gasteiger partial charge in [0.2, 0.25) is 0 Å². The lowest BCUT2D eigenvalue weighted by atomic mass is 9.80. The van der Waals surface area contributed by atoms with Crippen LogP contribution in [0.5, 0.6) is 11.5 Å². The first-order chi connectivity index (χ1) is 21.6. The van der Waals surface area contributed by atoms with Crippen LogP contribution in [-0.2, 0) is 19.1 Å². The highest BCUT2D eigenvalue weighted by atomic mass is 19.4. The number of non-ortho nitro benzene ring substituents is 1. The Morgan fingerprint density at radius 3 is 2.20 bits per heavy atom. The maximum Gasteiger partial charge on any atom is 0.431 e. The number of nitrogens with zero attached hydrogens (tertiary/aromatic N) is 1. The van der Waals surface area contributed by atoms with Gasteiger partial charge in [-0.15, -0.1) is 0 Å². The van der Waals surface area contributed by atoms with Gasteiger partial charge in [0, 0.05) is 23.9 Å². The second kappa shape index (κ2) is 15.6. The molecule has 0 spiro atoms. The Balaban J connectivity index is 1.77. The number of hydrogen-bond acceptors (Lipinski definition) is 11. The molecule has 12 nitrogen and oxygen atoms in total. The molecule has 15 heteroatoms. The van der Waals surface area contributed by atoms with Crippen LogP contribution < -0.4 is 20.5 Å². The quantitative estimate of drug-likeness (QED) is 0.115. The first-order valence-corrected chi connectivity index (χ1v) is 14.3. The van der Waals surface area contributed by atoms with Crippen LogP contribution in [0.3, 0.4) is 0 Å². The number of ether oxygens (including phenoxy) is 4. The van der Waals surface area contributed by atoms with E-state index in [2.05, 4.69) is 5.32 Å². The van der Waals surface area contributed by atoms with E-state index in [9.17, 15) is 38.0 Å². The summed E-state index contributed by atoms with van der Waals surface area (Å²) >= 11 is 0. The molecule has 4 N–H and O–H groups in total. The number of benzene rings is 2. The lowest BCUT2D eigenvalue weighted by Gasteiger charge is -2.32. The number of allylic oxidation sites excluding steroid dienone is 2. The highest BCUT2D eigenvalue weighted by Crippen LogP contribution is 2.44. The maximum atomic E-state index is 14.1. The molecule has 3 rings (SSSR count). The minimum absolute atomic E-state index is 0.00547. The highest BCUT2D eigenvalue weighted by molar-refractivity contribution is 6.00. The van der Waals surface area contributed by atoms with E-state index in [0.29, 0.717) is 11.5 Å². The van der Waals surface area contributed by atoms with Gasteiger partial charge in [-0.25, -0.2) is 9.59 Å². The summed E-state index contributed by atoms with van der Waals surface area (Å²) in [5, 5.41) is 23.6. The van der Waals surface area contributed by atoms with Crippen molar-refractivity contribution in [2.45, 2.75) is 51.9 Å². The smallest absolute Gasteiger partial charge is 0.431 e. The molecule has 1 aliphatic heterocycles. The van der Waals surface area contributed by atoms with Crippen molar-refractivity contribution in [3.63, 3.8) is 0 Å². The third-order valence-electron chi connectivity index (χ3n) is 7.02. The number of carbonyl (C=O) groups is 2. The summed E-state index contributed by atoms with van der Waals surface area (Å²) in [5.41, 5.74) is 2.31. The van der Waals surface area contributed by atoms with E-state index in [1.165, 1.54) is 26.0 Å². The molecule has 0 amide bonds. The second-order valence-electron chi connectivity index (χ2n) is 10.6. The number of dihydropyridines is 1. The number of nitrogens with two attached hydrogens (primary N) is 1. The number of esters is 2. The number of halogens is 3. The van der Waals surface area contributed by atoms with Gasteiger partial charge in [-0.1, -0.05) is 26.0 Å². The molecule has 0 fully saturated rings. The zero-order valence-electron chi connectivity index (χ0n) is 25.6. The van der Waals surface area contributed by atoms with Gasteiger partial charge in [-0.05, 0) is 49.6 Å². The van der Waals surface area contributed by atoms with Crippen molar-refractivity contribution >= 4 is 17.6 Å². The van der Waals surface area contributed by atoms with Crippen LogP contribution in [-0.4, -0.2) is 66.7 Å². The summed E-state index contributed by atoms with van der Waals surface area (Å²) in [7, 11) is 0. The Bertz CT molecular complexity index is 1470. The van der Waals surface area contributed by atoms with Crippen molar-refractivity contribution < 1.29 is 51.7 Å². The van der Waals surface area contributed by atoms with Crippen LogP contribution in [0.4, 0.5) is 18.9 Å². The third kappa shape index (κ3) is 8.97. The van der Waals surface area contributed by atoms with Gasteiger partial charge in [-0.3, -0.25) is 10.1 Å². The molecule has 3 atom stereocenters. The van der Waals surface area contributed by atoms with Crippen LogP contribution >= 0.6 is 0 Å². The van der Waals surface area contributed by atoms with Crippen LogP contribution in [0.2, 0.25) is 0 Å². The Morgan fingerprint density at radius 1 is 1.02 bits per heavy atom. The largest absolute Gasteiger partial charge is 0.491 e. The van der Waals surface area contributed by atoms with Gasteiger partial charge >= 0.3 is 18.1 Å². The molecule has 0 saturated heterocycles. The van der Waals surface area contributed by atoms with Gasteiger partial charge in [-0.2, -0.15) is 13.2 Å². The number of aliphatic hydroxyl groups is 1. The topological polar surface area (TPSA) is 172 Å². The van der Waals surface area contributed by atoms with Crippen LogP contribution in [0.15, 0.2) is 71.1 Å². The number of aliphatic hydroxyl groups excluding tert-OH is 1. The van der Waals surface area contributed by atoms with Crippen LogP contribution in [0, 0.1) is 16.0 Å². The number of nitro benzene ring substituents is 1. The molecule has 2 aromatic carbocycles. The molecule has 0 radical (unpaired) electrons. The normalized spacial score (nSPS) is 16.4. The second-order valence-corrected chi connectivity index (χ2v) is 10.6. The van der Waals surface area contributed by atoms with Gasteiger partial charge in [0.05, 0.1) is 28.6 Å². The molecule has 46 heavy (non-hydrogen) atoms. The maximum absolute atomic E-state index is 14.1. The number of carbonyl (C=O) groups excluding carboxylic acids is 2. The molecule has 0 bridgehead atoms. The van der Waals surface area contributed by atoms with Crippen molar-refractivity contribution in [1.82, 2.24) is 5.32 Å². The summed E-state index contributed by atoms with van der Waals surface area (Å²) in [6.07, 6.45) is -5.92. The minimum Gasteiger partial charge on any atom is -0.491 e. The number of nitrogens with one attached hydrogen (secondary N) is 1. The first-order valence-electron chi connectivity index (χ1n) is 14.3. The lowest BCUT2D eigenvalue weighted by Crippen LogP contribution is -2.42. The number of alkyl halides is 3. The molecular formula is C31H36F3N3O9. The Kier molecular flexibility index (Phi) is 12.1. The van der Waals surface area contributed by atoms with Crippen molar-refractivity contribution in [1.29, 1.82) is 0 Å². The summed E-state index contributed by atoms with van der Waals surface area (Å²) in [5.74, 6) is -3.23. The zero-order valence-corrected chi connectivity index (χ0v) is 25.6. The standard InChI is InChI=1S/C31H36F3N3O9/c1-5-43-30(40)26-25(19-7-6-8-20(15-19)37(41)42)24(18(4)36-28(26)31(32,33)34)29(39)45-14-13-44-21-9-11-22(12-10-21)46-16-23(38)27(35)17(2)3/h6-12,15,17,23,25,27,36,38H,5,13-14,16,35H2,1-4H3. The average molecular weight is 652 g/mol. The highest BCUT2D eigenvalue weighted by Gasteiger charge is 2.47. The molecule has 2 aromatic rings. The molecule has 3 unspecified atom stereocenters. The van der Waals surface area contributed by atoms with E-state index in [-0.39, 0.29) is 49.2 Å². The number of hydrogen-bond donors (Lipinski definition) is 3. The van der Waals surface area contributed by atoms with E-state index in [0.717, 1.165) is 12.1 Å². The third-order valence-corrected chi connectivity index (χ3v) is 7.02. The van der Waals surface area contributed by atoms with Crippen LogP contribution in [0.25, 0.3) is 0 Å². The van der Waals surface area contributed by atoms with Gasteiger partial charge in [0.15, 0.2) is 0 Å². The van der Waals surface area contributed by atoms with E-state index >= 15 is 0 Å². The summed E-state index contributed by atoms with van der Waals surface area (Å²) in [6.45, 7) is 5.62. The molecule has 1 heterocycles. The van der Waals surface area contributed by atoms with Crippen molar-refractivity contribution in [2.75, 3.05) is 26.4 Å². The predicted molar refractivity (Wildman–Crippen MR) is 159 cm³/mol. The fraction of sp³-hybridized carbons (Fsp3) is 0.419. The van der Waals surface area contributed by atoms with Crippen molar-refractivity contribution in [3.05, 3.63) is 86.7 Å². The summed E-state index contributed by atoms with van der Waals surface area (Å²) in [6, 6.07) is 10.5. The van der Waals surface area contributed by atoms with E-state index in [1.54, 1.807) is 24.3 Å². The van der Waals surface area contributed by atoms with E-state index in [1.807, 2.05) is 13.8 Å². The van der Waals surface area contributed by atoms with Gasteiger partial charge < -0.3 is 35.1 Å². The molecule has 0 aliphatic carbocycles. The summed E-state index contributed by atoms with van der Waals surface area (Å²) in [4.78, 5) is 37.0. The van der Waals surface area contributed by atoms with Crippen molar-refractivity contribution in [3.8, 4) is 11.5 Å². The zero-order chi connectivity index (χ0) is 34.2. The van der Waals surface area contributed by atoms with Crippen molar-refractivity contribution in [2.24, 2.45) is 11.7 Å². The predicted octanol–water partition coefficient (Wildman–Crippen LogP) is 4.28. The minimum atomic E-state index is -5.06. The molecule has 0 saturated carbocycles. The molecule has 0 aromatic heterocycles. The van der Waals surface area contributed by atoms with Gasteiger partial charge in [0.25, 0.3) is 5.69 Å². The van der Waals surface area contributed by atoms with Crippen LogP contribution in [0.1, 0.15) is 39.2 Å². The molecule has 1 aliphatic rings. The van der Waals surface area contributed by atoms with E-state index < -0.39 is 58.1 Å². The average Bonchev–Trinajstić information content (AvgIpc) is 3.01. The molecular weight excluding hydrogens is 615 g/mol. The molecule has 250 valence electrons. The Labute approximate surface area is 263 Å². The summed E-state index contributed by atoms with van der Waals surface area (Å²) < 4.78 is 63.8. The Morgan fingerprint density at radius 2 is 1.63 bits per heavy atom. The SMILES string of the molecule is CCOC(=O)C1=C(C(F)(F)F)NC(C)=C(C(=O)OCCOc2ccc(OCC(O)C(N)C(C)C)cc2)C1c1cccc([N+](=O)[O-])c1. The fourth-order valence-electron chi connectivity index (χ4n) is 4.64. The van der Waals surface area contributed by atoms with E-state index in [4.69, 9.17) is 24.7 Å².